The lowest BCUT2D eigenvalue weighted by Gasteiger charge is -2.09. The van der Waals surface area contributed by atoms with Crippen molar-refractivity contribution in [2.24, 2.45) is 0 Å². The van der Waals surface area contributed by atoms with Gasteiger partial charge in [-0.2, -0.15) is 5.26 Å². The third-order valence-corrected chi connectivity index (χ3v) is 4.71. The van der Waals surface area contributed by atoms with E-state index in [0.29, 0.717) is 16.9 Å². The van der Waals surface area contributed by atoms with Crippen molar-refractivity contribution in [2.75, 3.05) is 12.8 Å². The Labute approximate surface area is 123 Å². The van der Waals surface area contributed by atoms with Crippen molar-refractivity contribution >= 4 is 15.5 Å². The fraction of sp³-hybridized carbons (Fsp3) is 0.133. The van der Waals surface area contributed by atoms with Crippen LogP contribution in [0.3, 0.4) is 0 Å². The molecule has 0 aliphatic rings. The molecule has 0 bridgehead atoms. The van der Waals surface area contributed by atoms with Gasteiger partial charge >= 0.3 is 0 Å². The van der Waals surface area contributed by atoms with E-state index in [-0.39, 0.29) is 16.3 Å². The molecule has 2 rings (SSSR count). The van der Waals surface area contributed by atoms with Gasteiger partial charge in [0.1, 0.15) is 5.75 Å². The van der Waals surface area contributed by atoms with Crippen LogP contribution in [0.15, 0.2) is 47.4 Å². The lowest BCUT2D eigenvalue weighted by atomic mass is 10.2. The van der Waals surface area contributed by atoms with E-state index < -0.39 is 9.84 Å². The van der Waals surface area contributed by atoms with Crippen molar-refractivity contribution in [2.45, 2.75) is 10.6 Å². The first-order chi connectivity index (χ1) is 9.96. The summed E-state index contributed by atoms with van der Waals surface area (Å²) in [5.74, 6) is 0.202. The number of hydrogen-bond donors (Lipinski definition) is 1. The number of nitrogens with two attached hydrogens (primary N) is 1. The summed E-state index contributed by atoms with van der Waals surface area (Å²) in [6, 6.07) is 13.0. The maximum atomic E-state index is 12.5. The topological polar surface area (TPSA) is 93.2 Å². The summed E-state index contributed by atoms with van der Waals surface area (Å²) in [6.07, 6.45) is 0. The van der Waals surface area contributed by atoms with Crippen LogP contribution in [0.2, 0.25) is 0 Å². The first kappa shape index (κ1) is 14.9. The number of methoxy groups -OCH3 is 1. The number of sulfone groups is 1. The first-order valence-corrected chi connectivity index (χ1v) is 7.77. The molecule has 6 heteroatoms. The second kappa shape index (κ2) is 5.85. The van der Waals surface area contributed by atoms with E-state index in [2.05, 4.69) is 0 Å². The van der Waals surface area contributed by atoms with Gasteiger partial charge in [0.05, 0.1) is 35.1 Å². The Balaban J connectivity index is 2.41. The van der Waals surface area contributed by atoms with Gasteiger partial charge in [0, 0.05) is 6.07 Å². The minimum atomic E-state index is -3.62. The SMILES string of the molecule is COc1ccc(N)c(S(=O)(=O)Cc2cccc(C#N)c2)c1. The van der Waals surface area contributed by atoms with Crippen LogP contribution in [0, 0.1) is 11.3 Å². The highest BCUT2D eigenvalue weighted by atomic mass is 32.2. The summed E-state index contributed by atoms with van der Waals surface area (Å²) in [4.78, 5) is 0.0317. The molecule has 0 heterocycles. The van der Waals surface area contributed by atoms with Gasteiger partial charge in [-0.3, -0.25) is 0 Å². The highest BCUT2D eigenvalue weighted by molar-refractivity contribution is 7.90. The Bertz CT molecular complexity index is 808. The van der Waals surface area contributed by atoms with Gasteiger partial charge in [-0.25, -0.2) is 8.42 Å². The molecule has 0 amide bonds. The van der Waals surface area contributed by atoms with Gasteiger partial charge in [0.15, 0.2) is 9.84 Å². The van der Waals surface area contributed by atoms with Crippen molar-refractivity contribution < 1.29 is 13.2 Å². The molecule has 2 aromatic rings. The molecule has 21 heavy (non-hydrogen) atoms. The molecule has 0 unspecified atom stereocenters. The fourth-order valence-corrected chi connectivity index (χ4v) is 3.44. The average Bonchev–Trinajstić information content (AvgIpc) is 2.47. The number of anilines is 1. The molecule has 0 aliphatic heterocycles. The molecule has 0 spiro atoms. The van der Waals surface area contributed by atoms with Gasteiger partial charge in [-0.15, -0.1) is 0 Å². The van der Waals surface area contributed by atoms with Gasteiger partial charge in [0.25, 0.3) is 0 Å². The second-order valence-corrected chi connectivity index (χ2v) is 6.43. The van der Waals surface area contributed by atoms with Crippen molar-refractivity contribution in [1.82, 2.24) is 0 Å². The standard InChI is InChI=1S/C15H14N2O3S/c1-20-13-5-6-14(17)15(8-13)21(18,19)10-12-4-2-3-11(7-12)9-16/h2-8H,10,17H2,1H3. The number of benzene rings is 2. The molecule has 0 aromatic heterocycles. The van der Waals surface area contributed by atoms with Crippen molar-refractivity contribution in [3.63, 3.8) is 0 Å². The number of ether oxygens (including phenoxy) is 1. The normalized spacial score (nSPS) is 10.9. The molecule has 0 saturated heterocycles. The van der Waals surface area contributed by atoms with Crippen LogP contribution in [0.5, 0.6) is 5.75 Å². The van der Waals surface area contributed by atoms with E-state index in [4.69, 9.17) is 15.7 Å². The van der Waals surface area contributed by atoms with Crippen molar-refractivity contribution in [1.29, 1.82) is 5.26 Å². The maximum absolute atomic E-state index is 12.5. The maximum Gasteiger partial charge on any atom is 0.184 e. The van der Waals surface area contributed by atoms with E-state index in [1.165, 1.54) is 19.2 Å². The molecule has 5 nitrogen and oxygen atoms in total. The van der Waals surface area contributed by atoms with Crippen LogP contribution >= 0.6 is 0 Å². The zero-order valence-corrected chi connectivity index (χ0v) is 12.2. The van der Waals surface area contributed by atoms with Gasteiger partial charge in [0.2, 0.25) is 0 Å². The number of hydrogen-bond acceptors (Lipinski definition) is 5. The van der Waals surface area contributed by atoms with Crippen LogP contribution in [-0.2, 0) is 15.6 Å². The predicted molar refractivity (Wildman–Crippen MR) is 79.5 cm³/mol. The van der Waals surface area contributed by atoms with Crippen LogP contribution < -0.4 is 10.5 Å². The summed E-state index contributed by atoms with van der Waals surface area (Å²) in [5, 5.41) is 8.85. The van der Waals surface area contributed by atoms with E-state index in [0.717, 1.165) is 0 Å². The molecule has 0 fully saturated rings. The molecular weight excluding hydrogens is 288 g/mol. The lowest BCUT2D eigenvalue weighted by molar-refractivity contribution is 0.413. The summed E-state index contributed by atoms with van der Waals surface area (Å²) in [6.45, 7) is 0. The lowest BCUT2D eigenvalue weighted by Crippen LogP contribution is -2.08. The van der Waals surface area contributed by atoms with Gasteiger partial charge < -0.3 is 10.5 Å². The zero-order valence-electron chi connectivity index (χ0n) is 11.4. The van der Waals surface area contributed by atoms with Crippen LogP contribution in [0.4, 0.5) is 5.69 Å². The highest BCUT2D eigenvalue weighted by Gasteiger charge is 2.19. The Morgan fingerprint density at radius 3 is 2.67 bits per heavy atom. The molecule has 0 saturated carbocycles. The summed E-state index contributed by atoms with van der Waals surface area (Å²) >= 11 is 0. The molecule has 108 valence electrons. The Hall–Kier alpha value is -2.52. The second-order valence-electron chi connectivity index (χ2n) is 4.48. The zero-order chi connectivity index (χ0) is 15.5. The Kier molecular flexibility index (Phi) is 4.15. The third-order valence-electron chi connectivity index (χ3n) is 2.97. The Morgan fingerprint density at radius 1 is 1.24 bits per heavy atom. The highest BCUT2D eigenvalue weighted by Crippen LogP contribution is 2.27. The van der Waals surface area contributed by atoms with Gasteiger partial charge in [-0.1, -0.05) is 12.1 Å². The van der Waals surface area contributed by atoms with E-state index in [1.807, 2.05) is 6.07 Å². The number of rotatable bonds is 4. The van der Waals surface area contributed by atoms with Crippen LogP contribution in [0.25, 0.3) is 0 Å². The molecular formula is C15H14N2O3S. The largest absolute Gasteiger partial charge is 0.497 e. The predicted octanol–water partition coefficient (Wildman–Crippen LogP) is 2.12. The number of nitriles is 1. The Morgan fingerprint density at radius 2 is 2.00 bits per heavy atom. The molecule has 0 aliphatic carbocycles. The number of nitrogen functional groups attached to an aromatic ring is 1. The smallest absolute Gasteiger partial charge is 0.184 e. The molecule has 0 radical (unpaired) electrons. The average molecular weight is 302 g/mol. The number of nitrogens with zero attached hydrogens (tertiary/aromatic N) is 1. The van der Waals surface area contributed by atoms with Crippen LogP contribution in [0.1, 0.15) is 11.1 Å². The van der Waals surface area contributed by atoms with Crippen LogP contribution in [-0.4, -0.2) is 15.5 Å². The van der Waals surface area contributed by atoms with E-state index in [1.54, 1.807) is 30.3 Å². The minimum Gasteiger partial charge on any atom is -0.497 e. The molecule has 0 atom stereocenters. The van der Waals surface area contributed by atoms with E-state index >= 15 is 0 Å². The monoisotopic (exact) mass is 302 g/mol. The third kappa shape index (κ3) is 3.33. The quantitative estimate of drug-likeness (QED) is 0.873. The molecule has 2 aromatic carbocycles. The minimum absolute atomic E-state index is 0.0317. The summed E-state index contributed by atoms with van der Waals surface area (Å²) < 4.78 is 30.0. The summed E-state index contributed by atoms with van der Waals surface area (Å²) in [7, 11) is -2.16. The fourth-order valence-electron chi connectivity index (χ4n) is 1.94. The molecule has 2 N–H and O–H groups in total. The van der Waals surface area contributed by atoms with Crippen molar-refractivity contribution in [3.05, 3.63) is 53.6 Å². The first-order valence-electron chi connectivity index (χ1n) is 6.11. The van der Waals surface area contributed by atoms with Gasteiger partial charge in [-0.05, 0) is 29.8 Å². The summed E-state index contributed by atoms with van der Waals surface area (Å²) in [5.41, 5.74) is 6.88. The van der Waals surface area contributed by atoms with E-state index in [9.17, 15) is 8.42 Å². The van der Waals surface area contributed by atoms with Crippen molar-refractivity contribution in [3.8, 4) is 11.8 Å².